The van der Waals surface area contributed by atoms with Gasteiger partial charge in [0, 0.05) is 12.4 Å². The largest absolute Gasteiger partial charge is 0.374 e. The highest BCUT2D eigenvalue weighted by molar-refractivity contribution is 8.37. The van der Waals surface area contributed by atoms with E-state index in [2.05, 4.69) is 51.8 Å². The van der Waals surface area contributed by atoms with E-state index < -0.39 is 15.1 Å². The Bertz CT molecular complexity index is 821. The van der Waals surface area contributed by atoms with Crippen LogP contribution in [0.25, 0.3) is 0 Å². The van der Waals surface area contributed by atoms with E-state index in [1.165, 1.54) is 37.7 Å². The van der Waals surface area contributed by atoms with Gasteiger partial charge in [-0.1, -0.05) is 79.7 Å². The summed E-state index contributed by atoms with van der Waals surface area (Å²) in [5.74, 6) is 0.684. The second-order valence-electron chi connectivity index (χ2n) is 8.07. The number of hydrogen-bond donors (Lipinski definition) is 1. The van der Waals surface area contributed by atoms with Crippen molar-refractivity contribution in [2.45, 2.75) is 50.9 Å². The van der Waals surface area contributed by atoms with Crippen LogP contribution in [0.15, 0.2) is 71.5 Å². The molecule has 1 N–H and O–H groups in total. The topological polar surface area (TPSA) is 38.0 Å². The van der Waals surface area contributed by atoms with Gasteiger partial charge < -0.3 is 5.11 Å². The van der Waals surface area contributed by atoms with Gasteiger partial charge >= 0.3 is 0 Å². The summed E-state index contributed by atoms with van der Waals surface area (Å²) in [4.78, 5) is 3.34. The van der Waals surface area contributed by atoms with E-state index in [4.69, 9.17) is 0 Å². The Balaban J connectivity index is 1.87. The Labute approximate surface area is 164 Å². The predicted octanol–water partition coefficient (Wildman–Crippen LogP) is 5.94. The molecule has 1 fully saturated rings. The first-order valence-electron chi connectivity index (χ1n) is 10.1. The first-order valence-corrected chi connectivity index (χ1v) is 11.8. The lowest BCUT2D eigenvalue weighted by Gasteiger charge is -2.50. The molecule has 2 aliphatic rings. The fourth-order valence-electron chi connectivity index (χ4n) is 4.62. The average Bonchev–Trinajstić information content (AvgIpc) is 3.39. The van der Waals surface area contributed by atoms with E-state index in [0.717, 1.165) is 5.56 Å². The van der Waals surface area contributed by atoms with Gasteiger partial charge in [0.1, 0.15) is 11.3 Å². The summed E-state index contributed by atoms with van der Waals surface area (Å²) in [5.41, 5.74) is 2.39. The molecule has 27 heavy (non-hydrogen) atoms. The lowest BCUT2D eigenvalue weighted by molar-refractivity contribution is 0.0819. The lowest BCUT2D eigenvalue weighted by atomic mass is 9.84. The summed E-state index contributed by atoms with van der Waals surface area (Å²) >= 11 is 0. The van der Waals surface area contributed by atoms with Crippen molar-refractivity contribution in [3.8, 4) is 0 Å². The van der Waals surface area contributed by atoms with Gasteiger partial charge in [-0.25, -0.2) is 4.98 Å². The second-order valence-corrected chi connectivity index (χ2v) is 11.0. The first-order chi connectivity index (χ1) is 13.1. The molecule has 2 aromatic rings. The Morgan fingerprint density at radius 3 is 2.52 bits per heavy atom. The zero-order valence-corrected chi connectivity index (χ0v) is 17.1. The van der Waals surface area contributed by atoms with Crippen molar-refractivity contribution in [1.29, 1.82) is 0 Å². The van der Waals surface area contributed by atoms with Crippen molar-refractivity contribution >= 4 is 10.2 Å². The molecule has 2 heterocycles. The Hall–Kier alpha value is -1.78. The van der Waals surface area contributed by atoms with Gasteiger partial charge in [-0.15, -0.1) is 0 Å². The SMILES string of the molecule is CC(C)C(O)(c1ccccc1)S1(n2ccnc2)C=CC(C2CCCCC2)=C1. The molecule has 0 radical (unpaired) electrons. The van der Waals surface area contributed by atoms with Crippen LogP contribution in [0, 0.1) is 11.8 Å². The number of nitrogens with zero attached hydrogens (tertiary/aromatic N) is 2. The van der Waals surface area contributed by atoms with Gasteiger partial charge in [0.25, 0.3) is 0 Å². The molecule has 1 saturated carbocycles. The summed E-state index contributed by atoms with van der Waals surface area (Å²) in [6.07, 6.45) is 14.5. The molecule has 1 aliphatic carbocycles. The average molecular weight is 383 g/mol. The van der Waals surface area contributed by atoms with Crippen LogP contribution >= 0.6 is 10.2 Å². The number of hydrogen-bond acceptors (Lipinski definition) is 2. The Morgan fingerprint density at radius 1 is 1.15 bits per heavy atom. The van der Waals surface area contributed by atoms with Crippen molar-refractivity contribution in [2.24, 2.45) is 11.8 Å². The summed E-state index contributed by atoms with van der Waals surface area (Å²) in [6.45, 7) is 4.25. The zero-order valence-electron chi connectivity index (χ0n) is 16.3. The summed E-state index contributed by atoms with van der Waals surface area (Å²) in [6, 6.07) is 10.2. The molecule has 4 heteroatoms. The predicted molar refractivity (Wildman–Crippen MR) is 114 cm³/mol. The number of imidazole rings is 1. The number of aromatic nitrogens is 2. The maximum Gasteiger partial charge on any atom is 0.145 e. The minimum absolute atomic E-state index is 0.0592. The standard InChI is InChI=1S/C23H30N2OS/c1-19(2)23(26,22-11-7-4-8-12-22)27(25-15-14-24-18-25)16-13-21(17-27)20-9-5-3-6-10-20/h4,7-8,11-20,26H,3,5-6,9-10H2,1-2H3. The molecule has 0 spiro atoms. The second kappa shape index (κ2) is 7.33. The summed E-state index contributed by atoms with van der Waals surface area (Å²) in [7, 11) is -1.82. The molecule has 0 bridgehead atoms. The smallest absolute Gasteiger partial charge is 0.145 e. The van der Waals surface area contributed by atoms with Crippen LogP contribution in [0.3, 0.4) is 0 Å². The van der Waals surface area contributed by atoms with Crippen LogP contribution < -0.4 is 0 Å². The van der Waals surface area contributed by atoms with E-state index in [0.29, 0.717) is 5.92 Å². The summed E-state index contributed by atoms with van der Waals surface area (Å²) < 4.78 is 2.16. The molecule has 0 amide bonds. The molecule has 1 aromatic heterocycles. The summed E-state index contributed by atoms with van der Waals surface area (Å²) in [5, 5.41) is 17.0. The van der Waals surface area contributed by atoms with Crippen molar-refractivity contribution in [3.05, 3.63) is 77.1 Å². The van der Waals surface area contributed by atoms with E-state index in [1.54, 1.807) is 0 Å². The third-order valence-electron chi connectivity index (χ3n) is 6.16. The molecule has 2 unspecified atom stereocenters. The molecule has 2 atom stereocenters. The van der Waals surface area contributed by atoms with E-state index >= 15 is 0 Å². The van der Waals surface area contributed by atoms with Gasteiger partial charge in [0.15, 0.2) is 0 Å². The van der Waals surface area contributed by atoms with E-state index in [9.17, 15) is 5.11 Å². The number of benzene rings is 1. The van der Waals surface area contributed by atoms with Crippen molar-refractivity contribution in [2.75, 3.05) is 0 Å². The minimum Gasteiger partial charge on any atom is -0.374 e. The Kier molecular flexibility index (Phi) is 5.04. The molecule has 144 valence electrons. The maximum absolute atomic E-state index is 12.3. The number of allylic oxidation sites excluding steroid dienone is 2. The zero-order chi connectivity index (χ0) is 18.9. The lowest BCUT2D eigenvalue weighted by Crippen LogP contribution is -2.38. The maximum atomic E-state index is 12.3. The van der Waals surface area contributed by atoms with Crippen molar-refractivity contribution in [3.63, 3.8) is 0 Å². The van der Waals surface area contributed by atoms with Gasteiger partial charge in [-0.2, -0.15) is 0 Å². The number of rotatable bonds is 5. The number of aliphatic hydroxyl groups is 1. The normalized spacial score (nSPS) is 27.9. The molecule has 1 aromatic carbocycles. The molecule has 0 saturated heterocycles. The molecular formula is C23H30N2OS. The quantitative estimate of drug-likeness (QED) is 0.694. The molecule has 1 aliphatic heterocycles. The van der Waals surface area contributed by atoms with Gasteiger partial charge in [-0.05, 0) is 46.6 Å². The van der Waals surface area contributed by atoms with Crippen LogP contribution in [0.4, 0.5) is 0 Å². The fourth-order valence-corrected chi connectivity index (χ4v) is 8.46. The van der Waals surface area contributed by atoms with E-state index in [1.807, 2.05) is 36.9 Å². The van der Waals surface area contributed by atoms with Gasteiger partial charge in [0.2, 0.25) is 0 Å². The van der Waals surface area contributed by atoms with Gasteiger partial charge in [0.05, 0.1) is 0 Å². The van der Waals surface area contributed by atoms with E-state index in [-0.39, 0.29) is 5.92 Å². The highest BCUT2D eigenvalue weighted by Gasteiger charge is 2.50. The van der Waals surface area contributed by atoms with Crippen LogP contribution in [0.5, 0.6) is 0 Å². The third-order valence-corrected chi connectivity index (χ3v) is 9.96. The molecular weight excluding hydrogens is 352 g/mol. The molecule has 3 nitrogen and oxygen atoms in total. The minimum atomic E-state index is -1.82. The van der Waals surface area contributed by atoms with Crippen LogP contribution in [-0.4, -0.2) is 14.1 Å². The highest BCUT2D eigenvalue weighted by atomic mass is 32.3. The first kappa shape index (κ1) is 18.6. The van der Waals surface area contributed by atoms with Crippen LogP contribution in [0.2, 0.25) is 0 Å². The highest BCUT2D eigenvalue weighted by Crippen LogP contribution is 2.71. The van der Waals surface area contributed by atoms with Crippen LogP contribution in [0.1, 0.15) is 51.5 Å². The fraction of sp³-hybridized carbons (Fsp3) is 0.435. The third kappa shape index (κ3) is 2.99. The Morgan fingerprint density at radius 2 is 1.89 bits per heavy atom. The monoisotopic (exact) mass is 382 g/mol. The van der Waals surface area contributed by atoms with Gasteiger partial charge in [-0.3, -0.25) is 3.97 Å². The van der Waals surface area contributed by atoms with Crippen LogP contribution in [-0.2, 0) is 4.93 Å². The van der Waals surface area contributed by atoms with Crippen molar-refractivity contribution < 1.29 is 5.11 Å². The molecule has 4 rings (SSSR count). The van der Waals surface area contributed by atoms with Crippen molar-refractivity contribution in [1.82, 2.24) is 8.96 Å².